The topological polar surface area (TPSA) is 84.9 Å². The van der Waals surface area contributed by atoms with Crippen LogP contribution in [0.15, 0.2) is 30.4 Å². The van der Waals surface area contributed by atoms with Crippen LogP contribution >= 0.6 is 0 Å². The van der Waals surface area contributed by atoms with Gasteiger partial charge in [-0.1, -0.05) is 0 Å². The lowest BCUT2D eigenvalue weighted by atomic mass is 10.2. The third kappa shape index (κ3) is 3.00. The van der Waals surface area contributed by atoms with Gasteiger partial charge in [0.15, 0.2) is 11.5 Å². The lowest BCUT2D eigenvalue weighted by Crippen LogP contribution is -2.16. The van der Waals surface area contributed by atoms with E-state index < -0.39 is 11.9 Å². The van der Waals surface area contributed by atoms with Crippen molar-refractivity contribution in [3.05, 3.63) is 30.4 Å². The summed E-state index contributed by atoms with van der Waals surface area (Å²) in [7, 11) is 0. The average Bonchev–Trinajstić information content (AvgIpc) is 2.36. The minimum Gasteiger partial charge on any atom is -0.486 e. The second-order valence-electron chi connectivity index (χ2n) is 3.52. The molecule has 2 N–H and O–H groups in total. The highest BCUT2D eigenvalue weighted by molar-refractivity contribution is 6.02. The number of ether oxygens (including phenoxy) is 2. The first-order valence-electron chi connectivity index (χ1n) is 5.27. The van der Waals surface area contributed by atoms with Gasteiger partial charge >= 0.3 is 5.97 Å². The predicted molar refractivity (Wildman–Crippen MR) is 62.8 cm³/mol. The van der Waals surface area contributed by atoms with Crippen LogP contribution in [0, 0.1) is 0 Å². The third-order valence-corrected chi connectivity index (χ3v) is 2.19. The average molecular weight is 249 g/mol. The van der Waals surface area contributed by atoms with Crippen LogP contribution in [0.3, 0.4) is 0 Å². The van der Waals surface area contributed by atoms with Crippen LogP contribution in [-0.4, -0.2) is 30.2 Å². The van der Waals surface area contributed by atoms with Gasteiger partial charge in [-0.05, 0) is 12.1 Å². The van der Waals surface area contributed by atoms with E-state index >= 15 is 0 Å². The monoisotopic (exact) mass is 249 g/mol. The van der Waals surface area contributed by atoms with Crippen LogP contribution in [0.4, 0.5) is 5.69 Å². The fourth-order valence-corrected chi connectivity index (χ4v) is 1.45. The first-order valence-corrected chi connectivity index (χ1v) is 5.27. The van der Waals surface area contributed by atoms with Crippen molar-refractivity contribution in [2.45, 2.75) is 0 Å². The molecule has 0 radical (unpaired) electrons. The molecule has 1 amide bonds. The number of hydrogen-bond acceptors (Lipinski definition) is 4. The Morgan fingerprint density at radius 1 is 1.17 bits per heavy atom. The molecule has 18 heavy (non-hydrogen) atoms. The number of rotatable bonds is 3. The maximum atomic E-state index is 11.4. The molecule has 1 heterocycles. The van der Waals surface area contributed by atoms with Gasteiger partial charge in [-0.3, -0.25) is 4.79 Å². The normalized spacial score (nSPS) is 13.3. The van der Waals surface area contributed by atoms with E-state index in [0.29, 0.717) is 30.4 Å². The van der Waals surface area contributed by atoms with Crippen molar-refractivity contribution < 1.29 is 24.2 Å². The number of nitrogens with one attached hydrogen (secondary N) is 1. The number of carbonyl (C=O) groups excluding carboxylic acids is 1. The zero-order valence-electron chi connectivity index (χ0n) is 9.38. The number of benzene rings is 1. The van der Waals surface area contributed by atoms with Crippen LogP contribution in [-0.2, 0) is 9.59 Å². The minimum absolute atomic E-state index is 0.462. The summed E-state index contributed by atoms with van der Waals surface area (Å²) < 4.78 is 10.7. The van der Waals surface area contributed by atoms with Crippen molar-refractivity contribution in [2.75, 3.05) is 18.5 Å². The highest BCUT2D eigenvalue weighted by Crippen LogP contribution is 2.32. The SMILES string of the molecule is O=C(O)/C=C\C(=O)Nc1ccc2c(c1)OCCO2. The number of aliphatic carboxylic acids is 1. The maximum Gasteiger partial charge on any atom is 0.328 e. The summed E-state index contributed by atoms with van der Waals surface area (Å²) in [5, 5.41) is 10.9. The van der Waals surface area contributed by atoms with Crippen LogP contribution in [0.25, 0.3) is 0 Å². The Morgan fingerprint density at radius 2 is 1.89 bits per heavy atom. The molecule has 0 aromatic heterocycles. The Balaban J connectivity index is 2.06. The molecule has 94 valence electrons. The van der Waals surface area contributed by atoms with Crippen LogP contribution < -0.4 is 14.8 Å². The molecular formula is C12H11NO5. The minimum atomic E-state index is -1.17. The summed E-state index contributed by atoms with van der Waals surface area (Å²) in [4.78, 5) is 21.6. The lowest BCUT2D eigenvalue weighted by Gasteiger charge is -2.18. The number of hydrogen-bond donors (Lipinski definition) is 2. The Hall–Kier alpha value is -2.50. The van der Waals surface area contributed by atoms with Crippen molar-refractivity contribution in [1.29, 1.82) is 0 Å². The predicted octanol–water partition coefficient (Wildman–Crippen LogP) is 1.04. The third-order valence-electron chi connectivity index (χ3n) is 2.19. The van der Waals surface area contributed by atoms with Gasteiger partial charge < -0.3 is 19.9 Å². The fourth-order valence-electron chi connectivity index (χ4n) is 1.45. The van der Waals surface area contributed by atoms with Crippen molar-refractivity contribution in [2.24, 2.45) is 0 Å². The molecular weight excluding hydrogens is 238 g/mol. The maximum absolute atomic E-state index is 11.4. The van der Waals surface area contributed by atoms with Gasteiger partial charge in [-0.25, -0.2) is 4.79 Å². The second kappa shape index (κ2) is 5.22. The number of anilines is 1. The summed E-state index contributed by atoms with van der Waals surface area (Å²) in [6.45, 7) is 0.962. The standard InChI is InChI=1S/C12H11NO5/c14-11(3-4-12(15)16)13-8-1-2-9-10(7-8)18-6-5-17-9/h1-4,7H,5-6H2,(H,13,14)(H,15,16)/b4-3-. The molecule has 2 rings (SSSR count). The van der Waals surface area contributed by atoms with Gasteiger partial charge in [0.05, 0.1) is 0 Å². The molecule has 0 unspecified atom stereocenters. The molecule has 0 saturated heterocycles. The van der Waals surface area contributed by atoms with E-state index in [9.17, 15) is 9.59 Å². The zero-order valence-corrected chi connectivity index (χ0v) is 9.38. The van der Waals surface area contributed by atoms with E-state index in [2.05, 4.69) is 5.32 Å². The molecule has 1 aromatic rings. The molecule has 1 aromatic carbocycles. The van der Waals surface area contributed by atoms with E-state index in [1.165, 1.54) is 0 Å². The molecule has 6 nitrogen and oxygen atoms in total. The van der Waals surface area contributed by atoms with Gasteiger partial charge in [0.1, 0.15) is 13.2 Å². The smallest absolute Gasteiger partial charge is 0.328 e. The molecule has 1 aliphatic heterocycles. The summed E-state index contributed by atoms with van der Waals surface area (Å²) in [5.74, 6) is -0.511. The number of carboxylic acid groups (broad SMARTS) is 1. The van der Waals surface area contributed by atoms with E-state index in [1.807, 2.05) is 0 Å². The summed E-state index contributed by atoms with van der Waals surface area (Å²) in [6.07, 6.45) is 1.71. The zero-order chi connectivity index (χ0) is 13.0. The van der Waals surface area contributed by atoms with Crippen LogP contribution in [0.1, 0.15) is 0 Å². The van der Waals surface area contributed by atoms with Gasteiger partial charge in [-0.2, -0.15) is 0 Å². The molecule has 0 bridgehead atoms. The number of carboxylic acids is 1. The van der Waals surface area contributed by atoms with Crippen molar-refractivity contribution in [3.63, 3.8) is 0 Å². The number of amides is 1. The Bertz CT molecular complexity index is 509. The summed E-state index contributed by atoms with van der Waals surface area (Å²) in [5.41, 5.74) is 0.513. The molecule has 0 saturated carbocycles. The first kappa shape index (κ1) is 12.0. The van der Waals surface area contributed by atoms with Crippen LogP contribution in [0.2, 0.25) is 0 Å². The van der Waals surface area contributed by atoms with Gasteiger partial charge in [0.25, 0.3) is 0 Å². The number of carbonyl (C=O) groups is 2. The van der Waals surface area contributed by atoms with Crippen molar-refractivity contribution in [1.82, 2.24) is 0 Å². The van der Waals surface area contributed by atoms with Crippen LogP contribution in [0.5, 0.6) is 11.5 Å². The summed E-state index contributed by atoms with van der Waals surface area (Å²) in [6, 6.07) is 4.96. The molecule has 0 aliphatic carbocycles. The quantitative estimate of drug-likeness (QED) is 0.782. The molecule has 0 spiro atoms. The Kier molecular flexibility index (Phi) is 3.47. The molecule has 0 atom stereocenters. The molecule has 1 aliphatic rings. The van der Waals surface area contributed by atoms with E-state index in [1.54, 1.807) is 18.2 Å². The number of fused-ring (bicyclic) bond motifs is 1. The van der Waals surface area contributed by atoms with Gasteiger partial charge in [0.2, 0.25) is 5.91 Å². The highest BCUT2D eigenvalue weighted by atomic mass is 16.6. The van der Waals surface area contributed by atoms with Crippen molar-refractivity contribution >= 4 is 17.6 Å². The van der Waals surface area contributed by atoms with E-state index in [0.717, 1.165) is 12.2 Å². The molecule has 0 fully saturated rings. The highest BCUT2D eigenvalue weighted by Gasteiger charge is 2.12. The van der Waals surface area contributed by atoms with E-state index in [4.69, 9.17) is 14.6 Å². The van der Waals surface area contributed by atoms with Gasteiger partial charge in [0, 0.05) is 23.9 Å². The summed E-state index contributed by atoms with van der Waals surface area (Å²) >= 11 is 0. The van der Waals surface area contributed by atoms with Gasteiger partial charge in [-0.15, -0.1) is 0 Å². The second-order valence-corrected chi connectivity index (χ2v) is 3.52. The first-order chi connectivity index (χ1) is 8.65. The largest absolute Gasteiger partial charge is 0.486 e. The van der Waals surface area contributed by atoms with E-state index in [-0.39, 0.29) is 0 Å². The Morgan fingerprint density at radius 3 is 2.61 bits per heavy atom. The fraction of sp³-hybridized carbons (Fsp3) is 0.167. The van der Waals surface area contributed by atoms with Crippen molar-refractivity contribution in [3.8, 4) is 11.5 Å². The lowest BCUT2D eigenvalue weighted by molar-refractivity contribution is -0.131. The molecule has 6 heteroatoms. The Labute approximate surface area is 103 Å².